The first-order valence-corrected chi connectivity index (χ1v) is 4.65. The normalized spacial score (nSPS) is 25.2. The number of halogens is 1. The Balaban J connectivity index is 2.72. The Bertz CT molecular complexity index is 166. The Hall–Kier alpha value is 0.220. The lowest BCUT2D eigenvalue weighted by Crippen LogP contribution is -2.15. The van der Waals surface area contributed by atoms with Crippen LogP contribution < -0.4 is 0 Å². The molecule has 0 aromatic carbocycles. The molecule has 1 aliphatic rings. The van der Waals surface area contributed by atoms with Gasteiger partial charge in [0.2, 0.25) is 0 Å². The predicted molar refractivity (Wildman–Crippen MR) is 49.3 cm³/mol. The zero-order valence-corrected chi connectivity index (χ0v) is 8.59. The van der Waals surface area contributed by atoms with Crippen LogP contribution in [0.25, 0.3) is 0 Å². The van der Waals surface area contributed by atoms with Crippen molar-refractivity contribution in [1.82, 2.24) is 0 Å². The van der Waals surface area contributed by atoms with Crippen molar-refractivity contribution in [2.75, 3.05) is 0 Å². The maximum Gasteiger partial charge on any atom is -0.00548 e. The highest BCUT2D eigenvalue weighted by Crippen LogP contribution is 2.40. The summed E-state index contributed by atoms with van der Waals surface area (Å²) in [7, 11) is 0. The van der Waals surface area contributed by atoms with Gasteiger partial charge in [0.25, 0.3) is 0 Å². The Morgan fingerprint density at radius 1 is 1.40 bits per heavy atom. The Morgan fingerprint density at radius 3 is 2.40 bits per heavy atom. The second kappa shape index (κ2) is 2.69. The van der Waals surface area contributed by atoms with Crippen molar-refractivity contribution in [3.8, 4) is 0 Å². The third kappa shape index (κ3) is 1.85. The fraction of sp³-hybridized carbons (Fsp3) is 0.778. The summed E-state index contributed by atoms with van der Waals surface area (Å²) in [5.74, 6) is 0. The average Bonchev–Trinajstić information content (AvgIpc) is 1.79. The van der Waals surface area contributed by atoms with Crippen molar-refractivity contribution >= 4 is 15.9 Å². The van der Waals surface area contributed by atoms with Crippen molar-refractivity contribution in [3.05, 3.63) is 10.1 Å². The van der Waals surface area contributed by atoms with Crippen molar-refractivity contribution in [3.63, 3.8) is 0 Å². The molecule has 0 aliphatic heterocycles. The minimum absolute atomic E-state index is 0.526. The molecule has 1 heteroatoms. The van der Waals surface area contributed by atoms with Crippen LogP contribution in [0, 0.1) is 5.41 Å². The van der Waals surface area contributed by atoms with Gasteiger partial charge in [0, 0.05) is 0 Å². The van der Waals surface area contributed by atoms with Crippen LogP contribution in [-0.4, -0.2) is 0 Å². The van der Waals surface area contributed by atoms with E-state index in [1.807, 2.05) is 0 Å². The molecule has 1 aliphatic carbocycles. The average molecular weight is 203 g/mol. The van der Waals surface area contributed by atoms with Crippen molar-refractivity contribution in [2.24, 2.45) is 5.41 Å². The molecule has 0 amide bonds. The van der Waals surface area contributed by atoms with Crippen LogP contribution >= 0.6 is 15.9 Å². The van der Waals surface area contributed by atoms with Crippen LogP contribution in [-0.2, 0) is 0 Å². The number of rotatable bonds is 0. The molecular weight excluding hydrogens is 188 g/mol. The first kappa shape index (κ1) is 8.32. The Kier molecular flexibility index (Phi) is 2.24. The third-order valence-corrected chi connectivity index (χ3v) is 3.23. The van der Waals surface area contributed by atoms with Gasteiger partial charge in [0.15, 0.2) is 0 Å². The monoisotopic (exact) mass is 202 g/mol. The summed E-state index contributed by atoms with van der Waals surface area (Å²) in [6, 6.07) is 0. The molecule has 10 heavy (non-hydrogen) atoms. The van der Waals surface area contributed by atoms with Crippen molar-refractivity contribution in [2.45, 2.75) is 40.0 Å². The highest BCUT2D eigenvalue weighted by atomic mass is 79.9. The Morgan fingerprint density at radius 2 is 2.00 bits per heavy atom. The van der Waals surface area contributed by atoms with E-state index in [1.54, 1.807) is 5.57 Å². The zero-order chi connectivity index (χ0) is 7.78. The van der Waals surface area contributed by atoms with Gasteiger partial charge in [-0.25, -0.2) is 0 Å². The molecular formula is C9H15Br. The molecule has 0 N–H and O–H groups in total. The van der Waals surface area contributed by atoms with Gasteiger partial charge in [-0.1, -0.05) is 35.4 Å². The highest BCUT2D eigenvalue weighted by molar-refractivity contribution is 9.11. The largest absolute Gasteiger partial charge is 0.0632 e. The molecule has 1 rings (SSSR count). The van der Waals surface area contributed by atoms with Gasteiger partial charge >= 0.3 is 0 Å². The highest BCUT2D eigenvalue weighted by Gasteiger charge is 2.23. The summed E-state index contributed by atoms with van der Waals surface area (Å²) in [4.78, 5) is 0. The maximum absolute atomic E-state index is 3.61. The first-order valence-electron chi connectivity index (χ1n) is 3.85. The lowest BCUT2D eigenvalue weighted by molar-refractivity contribution is 0.322. The molecule has 58 valence electrons. The van der Waals surface area contributed by atoms with E-state index in [0.29, 0.717) is 5.41 Å². The number of hydrogen-bond acceptors (Lipinski definition) is 0. The van der Waals surface area contributed by atoms with Crippen LogP contribution in [0.2, 0.25) is 0 Å². The fourth-order valence-electron chi connectivity index (χ4n) is 1.32. The van der Waals surface area contributed by atoms with Crippen LogP contribution in [0.4, 0.5) is 0 Å². The van der Waals surface area contributed by atoms with E-state index in [1.165, 1.54) is 23.7 Å². The molecule has 0 bridgehead atoms. The second-order valence-corrected chi connectivity index (χ2v) is 4.98. The SMILES string of the molecule is CC1=C(Br)CC(C)(C)CC1. The summed E-state index contributed by atoms with van der Waals surface area (Å²) in [6.07, 6.45) is 3.83. The summed E-state index contributed by atoms with van der Waals surface area (Å²) >= 11 is 3.61. The Labute approximate surface area is 71.8 Å². The molecule has 0 unspecified atom stereocenters. The van der Waals surface area contributed by atoms with Crippen LogP contribution in [0.15, 0.2) is 10.1 Å². The summed E-state index contributed by atoms with van der Waals surface area (Å²) in [5.41, 5.74) is 2.07. The van der Waals surface area contributed by atoms with E-state index < -0.39 is 0 Å². The van der Waals surface area contributed by atoms with Gasteiger partial charge in [-0.15, -0.1) is 0 Å². The number of allylic oxidation sites excluding steroid dienone is 2. The number of hydrogen-bond donors (Lipinski definition) is 0. The van der Waals surface area contributed by atoms with Gasteiger partial charge in [0.05, 0.1) is 0 Å². The molecule has 0 aromatic rings. The van der Waals surface area contributed by atoms with E-state index in [9.17, 15) is 0 Å². The fourth-order valence-corrected chi connectivity index (χ4v) is 2.28. The lowest BCUT2D eigenvalue weighted by atomic mass is 9.79. The van der Waals surface area contributed by atoms with E-state index in [4.69, 9.17) is 0 Å². The van der Waals surface area contributed by atoms with E-state index in [2.05, 4.69) is 36.7 Å². The molecule has 0 saturated carbocycles. The summed E-state index contributed by atoms with van der Waals surface area (Å²) in [5, 5.41) is 0. The molecule has 0 fully saturated rings. The molecule has 0 heterocycles. The van der Waals surface area contributed by atoms with E-state index in [0.717, 1.165) is 0 Å². The third-order valence-electron chi connectivity index (χ3n) is 2.27. The molecule has 0 nitrogen and oxygen atoms in total. The van der Waals surface area contributed by atoms with Gasteiger partial charge in [0.1, 0.15) is 0 Å². The summed E-state index contributed by atoms with van der Waals surface area (Å²) < 4.78 is 1.43. The smallest absolute Gasteiger partial charge is 0.00548 e. The molecule has 0 spiro atoms. The minimum Gasteiger partial charge on any atom is -0.0632 e. The van der Waals surface area contributed by atoms with Crippen molar-refractivity contribution < 1.29 is 0 Å². The molecule has 0 radical (unpaired) electrons. The van der Waals surface area contributed by atoms with Gasteiger partial charge in [-0.2, -0.15) is 0 Å². The first-order chi connectivity index (χ1) is 4.51. The van der Waals surface area contributed by atoms with Gasteiger partial charge < -0.3 is 0 Å². The quantitative estimate of drug-likeness (QED) is 0.560. The topological polar surface area (TPSA) is 0 Å². The second-order valence-electron chi connectivity index (χ2n) is 4.03. The lowest BCUT2D eigenvalue weighted by Gasteiger charge is -2.29. The molecule has 0 atom stereocenters. The van der Waals surface area contributed by atoms with Crippen LogP contribution in [0.3, 0.4) is 0 Å². The van der Waals surface area contributed by atoms with Gasteiger partial charge in [-0.05, 0) is 36.1 Å². The van der Waals surface area contributed by atoms with Crippen LogP contribution in [0.1, 0.15) is 40.0 Å². The predicted octanol–water partition coefficient (Wildman–Crippen LogP) is 3.87. The molecule has 0 saturated heterocycles. The molecule has 0 aromatic heterocycles. The standard InChI is InChI=1S/C9H15Br/c1-7-4-5-9(2,3)6-8(7)10/h4-6H2,1-3H3. The maximum atomic E-state index is 3.61. The minimum atomic E-state index is 0.526. The van der Waals surface area contributed by atoms with E-state index in [-0.39, 0.29) is 0 Å². The van der Waals surface area contributed by atoms with Crippen molar-refractivity contribution in [1.29, 1.82) is 0 Å². The van der Waals surface area contributed by atoms with Gasteiger partial charge in [-0.3, -0.25) is 0 Å². The van der Waals surface area contributed by atoms with Crippen LogP contribution in [0.5, 0.6) is 0 Å². The zero-order valence-electron chi connectivity index (χ0n) is 7.00. The van der Waals surface area contributed by atoms with E-state index >= 15 is 0 Å². The summed E-state index contributed by atoms with van der Waals surface area (Å²) in [6.45, 7) is 6.89.